The molecule has 2 heteroatoms. The van der Waals surface area contributed by atoms with Crippen LogP contribution in [-0.2, 0) is 0 Å². The van der Waals surface area contributed by atoms with Gasteiger partial charge < -0.3 is 0 Å². The maximum absolute atomic E-state index is 4.12. The minimum absolute atomic E-state index is 0.862. The van der Waals surface area contributed by atoms with Crippen LogP contribution in [0.2, 0.25) is 0 Å². The first kappa shape index (κ1) is 7.73. The first-order valence-electron chi connectivity index (χ1n) is 2.78. The predicted octanol–water partition coefficient (Wildman–Crippen LogP) is 3.18. The molecular weight excluding hydrogens is 122 g/mol. The molecule has 1 unspecified atom stereocenters. The van der Waals surface area contributed by atoms with Crippen molar-refractivity contribution in [3.05, 3.63) is 0 Å². The van der Waals surface area contributed by atoms with Crippen LogP contribution in [0.25, 0.3) is 0 Å². The van der Waals surface area contributed by atoms with E-state index in [9.17, 15) is 0 Å². The Morgan fingerprint density at radius 3 is 2.57 bits per heavy atom. The quantitative estimate of drug-likeness (QED) is 0.410. The summed E-state index contributed by atoms with van der Waals surface area (Å²) in [6, 6.07) is 0. The second-order valence-corrected chi connectivity index (χ2v) is 3.38. The van der Waals surface area contributed by atoms with Gasteiger partial charge in [-0.2, -0.15) is 0 Å². The van der Waals surface area contributed by atoms with Crippen molar-refractivity contribution < 1.29 is 0 Å². The molecule has 0 aliphatic rings. The molecule has 0 fully saturated rings. The number of hydrogen-bond donors (Lipinski definition) is 0. The number of rotatable bonds is 3. The summed E-state index contributed by atoms with van der Waals surface area (Å²) in [5.41, 5.74) is 0. The molecule has 0 nitrogen and oxygen atoms in total. The molecule has 0 radical (unpaired) electrons. The molecule has 0 aromatic rings. The molecule has 0 saturated heterocycles. The van der Waals surface area contributed by atoms with Crippen LogP contribution >= 0.6 is 16.0 Å². The summed E-state index contributed by atoms with van der Waals surface area (Å²) in [5, 5.41) is 0. The van der Waals surface area contributed by atoms with Crippen LogP contribution in [0.4, 0.5) is 0 Å². The van der Waals surface area contributed by atoms with Gasteiger partial charge in [0.1, 0.15) is 0 Å². The molecule has 0 aliphatic heterocycles. The molecule has 0 rings (SSSR count). The van der Waals surface area contributed by atoms with Crippen molar-refractivity contribution in [2.75, 3.05) is 6.16 Å². The fraction of sp³-hybridized carbons (Fsp3) is 1.00. The van der Waals surface area contributed by atoms with E-state index >= 15 is 0 Å². The third kappa shape index (κ3) is 6.73. The van der Waals surface area contributed by atoms with Crippen molar-refractivity contribution in [1.82, 2.24) is 0 Å². The third-order valence-corrected chi connectivity index (χ3v) is 2.14. The summed E-state index contributed by atoms with van der Waals surface area (Å²) in [7, 11) is 4.98. The third-order valence-electron chi connectivity index (χ3n) is 0.892. The molecule has 7 heavy (non-hydrogen) atoms. The van der Waals surface area contributed by atoms with Crippen molar-refractivity contribution in [1.29, 1.82) is 0 Å². The summed E-state index contributed by atoms with van der Waals surface area (Å²) in [5.74, 6) is 0. The van der Waals surface area contributed by atoms with Crippen LogP contribution in [0.15, 0.2) is 0 Å². The zero-order valence-corrected chi connectivity index (χ0v) is 6.67. The van der Waals surface area contributed by atoms with Gasteiger partial charge in [0.2, 0.25) is 0 Å². The Hall–Kier alpha value is 0.730. The standard InChI is InChI=1S/C5H12P2/c1-2-3-4-5-7-6/h7H,2-5H2,1H3. The second-order valence-electron chi connectivity index (χ2n) is 1.62. The van der Waals surface area contributed by atoms with Crippen LogP contribution < -0.4 is 0 Å². The van der Waals surface area contributed by atoms with Gasteiger partial charge in [-0.1, -0.05) is 0 Å². The Morgan fingerprint density at radius 2 is 2.14 bits per heavy atom. The molecule has 42 valence electrons. The van der Waals surface area contributed by atoms with Crippen LogP contribution in [0.5, 0.6) is 0 Å². The molecule has 0 aromatic heterocycles. The van der Waals surface area contributed by atoms with Gasteiger partial charge >= 0.3 is 48.4 Å². The van der Waals surface area contributed by atoms with E-state index in [1.54, 1.807) is 0 Å². The second kappa shape index (κ2) is 6.73. The Labute approximate surface area is 49.2 Å². The zero-order chi connectivity index (χ0) is 5.54. The first-order valence-corrected chi connectivity index (χ1v) is 5.28. The van der Waals surface area contributed by atoms with Gasteiger partial charge in [0.15, 0.2) is 0 Å². The predicted molar refractivity (Wildman–Crippen MR) is 39.6 cm³/mol. The monoisotopic (exact) mass is 134 g/mol. The molecule has 0 amide bonds. The molecule has 0 heterocycles. The Morgan fingerprint density at radius 1 is 1.43 bits per heavy atom. The Balaban J connectivity index is 2.60. The van der Waals surface area contributed by atoms with Crippen LogP contribution in [0.1, 0.15) is 26.2 Å². The van der Waals surface area contributed by atoms with E-state index in [0.717, 1.165) is 7.68 Å². The molecule has 0 saturated carbocycles. The fourth-order valence-corrected chi connectivity index (χ4v) is 1.34. The van der Waals surface area contributed by atoms with Gasteiger partial charge in [-0.25, -0.2) is 0 Å². The summed E-state index contributed by atoms with van der Waals surface area (Å²) < 4.78 is 0. The molecule has 0 spiro atoms. The topological polar surface area (TPSA) is 0 Å². The number of unbranched alkanes of at least 4 members (excludes halogenated alkanes) is 2. The molecule has 0 N–H and O–H groups in total. The van der Waals surface area contributed by atoms with Crippen molar-refractivity contribution in [3.63, 3.8) is 0 Å². The van der Waals surface area contributed by atoms with E-state index in [0.29, 0.717) is 0 Å². The summed E-state index contributed by atoms with van der Waals surface area (Å²) in [4.78, 5) is 0. The molecule has 0 bridgehead atoms. The van der Waals surface area contributed by atoms with Crippen LogP contribution in [-0.4, -0.2) is 6.16 Å². The zero-order valence-electron chi connectivity index (χ0n) is 4.78. The summed E-state index contributed by atoms with van der Waals surface area (Å²) in [6.45, 7) is 2.22. The average Bonchev–Trinajstić information content (AvgIpc) is 1.69. The fourth-order valence-electron chi connectivity index (χ4n) is 0.454. The van der Waals surface area contributed by atoms with E-state index in [1.807, 2.05) is 0 Å². The first-order chi connectivity index (χ1) is 3.41. The van der Waals surface area contributed by atoms with E-state index in [-0.39, 0.29) is 0 Å². The summed E-state index contributed by atoms with van der Waals surface area (Å²) in [6.07, 6.45) is 5.40. The average molecular weight is 134 g/mol. The van der Waals surface area contributed by atoms with Crippen molar-refractivity contribution in [3.8, 4) is 0 Å². The van der Waals surface area contributed by atoms with Crippen LogP contribution in [0.3, 0.4) is 0 Å². The van der Waals surface area contributed by atoms with E-state index in [1.165, 1.54) is 25.4 Å². The van der Waals surface area contributed by atoms with Gasteiger partial charge in [0, 0.05) is 0 Å². The van der Waals surface area contributed by atoms with Crippen molar-refractivity contribution in [2.45, 2.75) is 26.2 Å². The maximum atomic E-state index is 4.12. The van der Waals surface area contributed by atoms with E-state index in [4.69, 9.17) is 0 Å². The molecule has 0 aliphatic carbocycles. The number of hydrogen-bond acceptors (Lipinski definition) is 0. The van der Waals surface area contributed by atoms with Gasteiger partial charge in [-0.15, -0.1) is 0 Å². The van der Waals surface area contributed by atoms with Gasteiger partial charge in [-0.3, -0.25) is 0 Å². The van der Waals surface area contributed by atoms with Crippen molar-refractivity contribution in [2.24, 2.45) is 0 Å². The Kier molecular flexibility index (Phi) is 7.43. The molecule has 1 atom stereocenters. The molecule has 0 aromatic carbocycles. The summed E-state index contributed by atoms with van der Waals surface area (Å²) >= 11 is 0. The van der Waals surface area contributed by atoms with Gasteiger partial charge in [0.05, 0.1) is 0 Å². The van der Waals surface area contributed by atoms with Crippen molar-refractivity contribution >= 4 is 16.0 Å². The van der Waals surface area contributed by atoms with E-state index in [2.05, 4.69) is 15.3 Å². The van der Waals surface area contributed by atoms with Gasteiger partial charge in [-0.05, 0) is 0 Å². The van der Waals surface area contributed by atoms with Crippen LogP contribution in [0, 0.1) is 0 Å². The Bertz CT molecular complexity index is 63.0. The molecular formula is C5H12P2. The van der Waals surface area contributed by atoms with E-state index < -0.39 is 0 Å². The van der Waals surface area contributed by atoms with Gasteiger partial charge in [0.25, 0.3) is 0 Å². The minimum atomic E-state index is 0.862. The normalized spacial score (nSPS) is 9.71. The SMILES string of the molecule is CCCCC[PH]#P.